The minimum absolute atomic E-state index is 0. The second kappa shape index (κ2) is 6.54. The third-order valence-electron chi connectivity index (χ3n) is 2.93. The van der Waals surface area contributed by atoms with Crippen molar-refractivity contribution in [1.29, 1.82) is 0 Å². The molecule has 0 saturated heterocycles. The first-order valence-corrected chi connectivity index (χ1v) is 6.09. The van der Waals surface area contributed by atoms with Gasteiger partial charge in [-0.05, 0) is 30.2 Å². The smallest absolute Gasteiger partial charge is 0.241 e. The summed E-state index contributed by atoms with van der Waals surface area (Å²) in [7, 11) is 0. The molecular formula is C13H18ClN3O2. The maximum Gasteiger partial charge on any atom is 0.241 e. The predicted molar refractivity (Wildman–Crippen MR) is 77.5 cm³/mol. The molecule has 0 fully saturated rings. The molecule has 0 spiro atoms. The van der Waals surface area contributed by atoms with Gasteiger partial charge in [-0.25, -0.2) is 0 Å². The van der Waals surface area contributed by atoms with E-state index < -0.39 is 6.04 Å². The fraction of sp³-hybridized carbons (Fsp3) is 0.385. The fourth-order valence-corrected chi connectivity index (χ4v) is 1.98. The number of nitrogens with two attached hydrogens (primary N) is 1. The lowest BCUT2D eigenvalue weighted by molar-refractivity contribution is -0.117. The predicted octanol–water partition coefficient (Wildman–Crippen LogP) is 1.67. The zero-order valence-corrected chi connectivity index (χ0v) is 11.5. The number of fused-ring (bicyclic) bond motifs is 1. The van der Waals surface area contributed by atoms with Crippen LogP contribution in [0.1, 0.15) is 25.3 Å². The average molecular weight is 284 g/mol. The van der Waals surface area contributed by atoms with Crippen molar-refractivity contribution in [2.75, 3.05) is 10.6 Å². The van der Waals surface area contributed by atoms with Gasteiger partial charge in [0, 0.05) is 11.4 Å². The second-order valence-corrected chi connectivity index (χ2v) is 4.48. The highest BCUT2D eigenvalue weighted by atomic mass is 35.5. The van der Waals surface area contributed by atoms with Crippen molar-refractivity contribution in [3.63, 3.8) is 0 Å². The number of hydrogen-bond donors (Lipinski definition) is 3. The van der Waals surface area contributed by atoms with Gasteiger partial charge in [-0.3, -0.25) is 9.59 Å². The normalized spacial score (nSPS) is 14.1. The van der Waals surface area contributed by atoms with Gasteiger partial charge in [0.25, 0.3) is 0 Å². The van der Waals surface area contributed by atoms with Crippen LogP contribution in [-0.2, 0) is 16.0 Å². The van der Waals surface area contributed by atoms with Gasteiger partial charge >= 0.3 is 0 Å². The van der Waals surface area contributed by atoms with Crippen LogP contribution in [0.4, 0.5) is 11.4 Å². The molecule has 6 heteroatoms. The van der Waals surface area contributed by atoms with Gasteiger partial charge in [-0.2, -0.15) is 0 Å². The molecule has 0 aromatic heterocycles. The molecule has 1 heterocycles. The molecule has 1 aliphatic heterocycles. The third-order valence-corrected chi connectivity index (χ3v) is 2.93. The lowest BCUT2D eigenvalue weighted by atomic mass is 10.1. The van der Waals surface area contributed by atoms with Gasteiger partial charge in [0.2, 0.25) is 11.8 Å². The summed E-state index contributed by atoms with van der Waals surface area (Å²) >= 11 is 0. The van der Waals surface area contributed by atoms with Crippen molar-refractivity contribution < 1.29 is 9.59 Å². The van der Waals surface area contributed by atoms with Crippen LogP contribution in [0.3, 0.4) is 0 Å². The van der Waals surface area contributed by atoms with E-state index in [0.717, 1.165) is 17.7 Å². The Labute approximate surface area is 118 Å². The number of rotatable bonds is 4. The van der Waals surface area contributed by atoms with Gasteiger partial charge < -0.3 is 16.4 Å². The molecule has 2 rings (SSSR count). The first-order chi connectivity index (χ1) is 8.60. The van der Waals surface area contributed by atoms with Gasteiger partial charge in [-0.15, -0.1) is 12.4 Å². The van der Waals surface area contributed by atoms with Gasteiger partial charge in [0.05, 0.1) is 12.5 Å². The third kappa shape index (κ3) is 3.68. The Hall–Kier alpha value is -1.59. The van der Waals surface area contributed by atoms with Crippen LogP contribution >= 0.6 is 12.4 Å². The number of halogens is 1. The van der Waals surface area contributed by atoms with E-state index in [-0.39, 0.29) is 24.2 Å². The first-order valence-electron chi connectivity index (χ1n) is 6.09. The van der Waals surface area contributed by atoms with Crippen LogP contribution in [0.15, 0.2) is 18.2 Å². The Bertz CT molecular complexity index is 491. The van der Waals surface area contributed by atoms with Crippen molar-refractivity contribution in [2.24, 2.45) is 5.73 Å². The number of hydrogen-bond acceptors (Lipinski definition) is 3. The minimum Gasteiger partial charge on any atom is -0.326 e. The Morgan fingerprint density at radius 1 is 1.53 bits per heavy atom. The Morgan fingerprint density at radius 3 is 2.95 bits per heavy atom. The molecule has 5 nitrogen and oxygen atoms in total. The first kappa shape index (κ1) is 15.5. The Balaban J connectivity index is 0.00000180. The molecule has 19 heavy (non-hydrogen) atoms. The van der Waals surface area contributed by atoms with Crippen molar-refractivity contribution >= 4 is 35.6 Å². The van der Waals surface area contributed by atoms with Crippen LogP contribution in [-0.4, -0.2) is 17.9 Å². The highest BCUT2D eigenvalue weighted by Crippen LogP contribution is 2.25. The molecule has 4 N–H and O–H groups in total. The van der Waals surface area contributed by atoms with Crippen LogP contribution in [0.25, 0.3) is 0 Å². The summed E-state index contributed by atoms with van der Waals surface area (Å²) in [5.74, 6) is -0.203. The van der Waals surface area contributed by atoms with Crippen molar-refractivity contribution in [2.45, 2.75) is 32.2 Å². The molecule has 104 valence electrons. The summed E-state index contributed by atoms with van der Waals surface area (Å²) in [5, 5.41) is 5.51. The molecule has 0 aliphatic carbocycles. The lowest BCUT2D eigenvalue weighted by Gasteiger charge is -2.11. The monoisotopic (exact) mass is 283 g/mol. The molecule has 1 unspecified atom stereocenters. The number of carbonyl (C=O) groups is 2. The molecule has 1 aromatic carbocycles. The van der Waals surface area contributed by atoms with Crippen LogP contribution < -0.4 is 16.4 Å². The molecular weight excluding hydrogens is 266 g/mol. The summed E-state index contributed by atoms with van der Waals surface area (Å²) < 4.78 is 0. The topological polar surface area (TPSA) is 84.2 Å². The SMILES string of the molecule is CCCC(N)C(=O)Nc1ccc2c(c1)CC(=O)N2.Cl. The lowest BCUT2D eigenvalue weighted by Crippen LogP contribution is -2.35. The van der Waals surface area contributed by atoms with Gasteiger partial charge in [0.1, 0.15) is 0 Å². The maximum absolute atomic E-state index is 11.7. The molecule has 1 aliphatic rings. The Morgan fingerprint density at radius 2 is 2.26 bits per heavy atom. The van der Waals surface area contributed by atoms with E-state index in [2.05, 4.69) is 10.6 Å². The summed E-state index contributed by atoms with van der Waals surface area (Å²) in [5.41, 5.74) is 8.13. The molecule has 0 saturated carbocycles. The van der Waals surface area contributed by atoms with Gasteiger partial charge in [-0.1, -0.05) is 13.3 Å². The summed E-state index contributed by atoms with van der Waals surface area (Å²) in [6.07, 6.45) is 1.90. The minimum atomic E-state index is -0.483. The zero-order valence-electron chi connectivity index (χ0n) is 10.7. The number of anilines is 2. The molecule has 0 radical (unpaired) electrons. The van der Waals surface area contributed by atoms with E-state index in [9.17, 15) is 9.59 Å². The quantitative estimate of drug-likeness (QED) is 0.786. The zero-order chi connectivity index (χ0) is 13.1. The van der Waals surface area contributed by atoms with E-state index in [1.165, 1.54) is 0 Å². The van der Waals surface area contributed by atoms with E-state index in [4.69, 9.17) is 5.73 Å². The fourth-order valence-electron chi connectivity index (χ4n) is 1.98. The van der Waals surface area contributed by atoms with E-state index in [1.807, 2.05) is 13.0 Å². The number of nitrogens with one attached hydrogen (secondary N) is 2. The van der Waals surface area contributed by atoms with Crippen LogP contribution in [0, 0.1) is 0 Å². The summed E-state index contributed by atoms with van der Waals surface area (Å²) in [4.78, 5) is 23.0. The molecule has 2 amide bonds. The van der Waals surface area contributed by atoms with E-state index >= 15 is 0 Å². The Kier molecular flexibility index (Phi) is 5.32. The number of benzene rings is 1. The summed E-state index contributed by atoms with van der Waals surface area (Å²) in [6, 6.07) is 4.88. The van der Waals surface area contributed by atoms with Crippen molar-refractivity contribution in [3.8, 4) is 0 Å². The average Bonchev–Trinajstić information content (AvgIpc) is 2.68. The van der Waals surface area contributed by atoms with E-state index in [0.29, 0.717) is 18.5 Å². The second-order valence-electron chi connectivity index (χ2n) is 4.48. The maximum atomic E-state index is 11.7. The number of carbonyl (C=O) groups excluding carboxylic acids is 2. The highest BCUT2D eigenvalue weighted by molar-refractivity contribution is 6.00. The number of amides is 2. The highest BCUT2D eigenvalue weighted by Gasteiger charge is 2.18. The molecule has 0 bridgehead atoms. The van der Waals surface area contributed by atoms with Crippen molar-refractivity contribution in [1.82, 2.24) is 0 Å². The van der Waals surface area contributed by atoms with Crippen LogP contribution in [0.5, 0.6) is 0 Å². The van der Waals surface area contributed by atoms with Crippen LogP contribution in [0.2, 0.25) is 0 Å². The van der Waals surface area contributed by atoms with Gasteiger partial charge in [0.15, 0.2) is 0 Å². The van der Waals surface area contributed by atoms with Crippen molar-refractivity contribution in [3.05, 3.63) is 23.8 Å². The van der Waals surface area contributed by atoms with E-state index in [1.54, 1.807) is 12.1 Å². The summed E-state index contributed by atoms with van der Waals surface area (Å²) in [6.45, 7) is 1.99. The largest absolute Gasteiger partial charge is 0.326 e. The standard InChI is InChI=1S/C13H17N3O2.ClH/c1-2-3-10(14)13(18)15-9-4-5-11-8(6-9)7-12(17)16-11;/h4-6,10H,2-3,7,14H2,1H3,(H,15,18)(H,16,17);1H. The molecule has 1 aromatic rings. The molecule has 1 atom stereocenters.